The Labute approximate surface area is 140 Å². The minimum absolute atomic E-state index is 0.546. The Kier molecular flexibility index (Phi) is 3.42. The van der Waals surface area contributed by atoms with E-state index in [0.717, 1.165) is 47.0 Å². The summed E-state index contributed by atoms with van der Waals surface area (Å²) in [6, 6.07) is 13.2. The van der Waals surface area contributed by atoms with E-state index < -0.39 is 6.29 Å². The van der Waals surface area contributed by atoms with E-state index >= 15 is 0 Å². The van der Waals surface area contributed by atoms with Crippen LogP contribution in [0.15, 0.2) is 42.5 Å². The van der Waals surface area contributed by atoms with Crippen molar-refractivity contribution in [1.82, 2.24) is 0 Å². The van der Waals surface area contributed by atoms with Crippen LogP contribution in [0.25, 0.3) is 11.1 Å². The van der Waals surface area contributed by atoms with Crippen LogP contribution < -0.4 is 13.7 Å². The number of hydrogen-bond donors (Lipinski definition) is 1. The molecule has 0 fully saturated rings. The molecule has 1 N–H and O–H groups in total. The van der Waals surface area contributed by atoms with Crippen LogP contribution >= 0.6 is 11.9 Å². The van der Waals surface area contributed by atoms with Gasteiger partial charge >= 0.3 is 0 Å². The van der Waals surface area contributed by atoms with Crippen molar-refractivity contribution in [2.75, 3.05) is 6.61 Å². The molecule has 1 radical (unpaired) electrons. The molecule has 1 unspecified atom stereocenters. The van der Waals surface area contributed by atoms with E-state index in [9.17, 15) is 5.11 Å². The lowest BCUT2D eigenvalue weighted by Crippen LogP contribution is -2.23. The van der Waals surface area contributed by atoms with Crippen molar-refractivity contribution in [3.8, 4) is 17.2 Å². The first-order chi connectivity index (χ1) is 11.8. The van der Waals surface area contributed by atoms with E-state index in [1.807, 2.05) is 36.4 Å². The maximum Gasteiger partial charge on any atom is 0.227 e. The number of benzene rings is 2. The van der Waals surface area contributed by atoms with Gasteiger partial charge in [0, 0.05) is 29.2 Å². The third-order valence-electron chi connectivity index (χ3n) is 4.02. The summed E-state index contributed by atoms with van der Waals surface area (Å²) in [7, 11) is 1.11. The molecule has 23 heavy (non-hydrogen) atoms. The van der Waals surface area contributed by atoms with Gasteiger partial charge in [-0.25, -0.2) is 0 Å². The molecule has 2 aliphatic rings. The summed E-state index contributed by atoms with van der Waals surface area (Å²) < 4.78 is 23.9. The number of ether oxygens (including phenoxy) is 2. The first kappa shape index (κ1) is 13.4. The molecule has 0 spiro atoms. The average molecular weight is 327 g/mol. The van der Waals surface area contributed by atoms with Crippen LogP contribution in [0.1, 0.15) is 17.5 Å². The average Bonchev–Trinajstić information content (AvgIpc) is 2.80. The normalized spacial score (nSPS) is 19.2. The molecule has 0 bridgehead atoms. The Morgan fingerprint density at radius 3 is 3.04 bits per heavy atom. The molecule has 0 aromatic heterocycles. The van der Waals surface area contributed by atoms with E-state index in [-0.39, 0.29) is 0 Å². The van der Waals surface area contributed by atoms with Gasteiger partial charge in [0.1, 0.15) is 17.2 Å². The summed E-state index contributed by atoms with van der Waals surface area (Å²) in [5, 5.41) is 10.6. The number of para-hydroxylation sites is 1. The Morgan fingerprint density at radius 1 is 1.22 bits per heavy atom. The zero-order chi connectivity index (χ0) is 16.5. The maximum atomic E-state index is 10.6. The summed E-state index contributed by atoms with van der Waals surface area (Å²) in [4.78, 5) is 0. The fourth-order valence-corrected chi connectivity index (χ4v) is 3.29. The lowest BCUT2D eigenvalue weighted by Gasteiger charge is -2.27. The zero-order valence-corrected chi connectivity index (χ0v) is 13.0. The molecule has 0 aliphatic carbocycles. The van der Waals surface area contributed by atoms with Crippen molar-refractivity contribution in [3.05, 3.63) is 53.6 Å². The number of aliphatic hydroxyl groups is 1. The predicted molar refractivity (Wildman–Crippen MR) is 91.8 cm³/mol. The highest BCUT2D eigenvalue weighted by Gasteiger charge is 2.31. The van der Waals surface area contributed by atoms with Crippen LogP contribution in [0.5, 0.6) is 17.2 Å². The summed E-state index contributed by atoms with van der Waals surface area (Å²) in [5.74, 6) is 1.91. The van der Waals surface area contributed by atoms with Gasteiger partial charge in [-0.15, -0.1) is 0 Å². The van der Waals surface area contributed by atoms with Crippen LogP contribution in [-0.2, 0) is 0 Å². The molecule has 0 saturated heterocycles. The fourth-order valence-electron chi connectivity index (χ4n) is 3.07. The van der Waals surface area contributed by atoms with Gasteiger partial charge in [0.25, 0.3) is 0 Å². The number of fused-ring (bicyclic) bond motifs is 4. The molecule has 0 saturated carbocycles. The van der Waals surface area contributed by atoms with E-state index in [1.54, 1.807) is 6.07 Å². The van der Waals surface area contributed by atoms with Crippen LogP contribution in [-0.4, -0.2) is 26.4 Å². The van der Waals surface area contributed by atoms with Crippen molar-refractivity contribution in [1.29, 1.82) is 1.34 Å². The topological polar surface area (TPSA) is 47.9 Å². The summed E-state index contributed by atoms with van der Waals surface area (Å²) in [5.41, 5.74) is 3.59. The predicted octanol–water partition coefficient (Wildman–Crippen LogP) is 2.93. The maximum absolute atomic E-state index is 10.6. The van der Waals surface area contributed by atoms with E-state index in [0.29, 0.717) is 24.5 Å². The van der Waals surface area contributed by atoms with Crippen molar-refractivity contribution in [2.24, 2.45) is 0 Å². The minimum Gasteiger partial charge on any atom is -0.493 e. The lowest BCUT2D eigenvalue weighted by atomic mass is 9.90. The van der Waals surface area contributed by atoms with Crippen LogP contribution in [0.3, 0.4) is 0 Å². The van der Waals surface area contributed by atoms with Gasteiger partial charge in [-0.2, -0.15) is 0 Å². The molecule has 4 nitrogen and oxygen atoms in total. The molecule has 2 aromatic carbocycles. The highest BCUT2D eigenvalue weighted by molar-refractivity contribution is 8.16. The minimum atomic E-state index is -1.05. The molecule has 0 amide bonds. The zero-order valence-electron chi connectivity index (χ0n) is 13.2. The fraction of sp³-hybridized carbons (Fsp3) is 0.176. The highest BCUT2D eigenvalue weighted by atomic mass is 32.2. The Hall–Kier alpha value is -2.05. The smallest absolute Gasteiger partial charge is 0.227 e. The van der Waals surface area contributed by atoms with Gasteiger partial charge in [0.2, 0.25) is 13.4 Å². The lowest BCUT2D eigenvalue weighted by molar-refractivity contribution is 0.0313. The van der Waals surface area contributed by atoms with E-state index in [2.05, 4.69) is 0 Å². The molecular weight excluding hydrogens is 311 g/mol. The number of hydrogen-bond acceptors (Lipinski definition) is 5. The van der Waals surface area contributed by atoms with Crippen LogP contribution in [0.2, 0.25) is 0 Å². The Bertz CT molecular complexity index is 811. The van der Waals surface area contributed by atoms with Gasteiger partial charge in [-0.1, -0.05) is 18.2 Å². The van der Waals surface area contributed by atoms with Crippen LogP contribution in [0, 0.1) is 0 Å². The van der Waals surface area contributed by atoms with E-state index in [4.69, 9.17) is 15.0 Å². The van der Waals surface area contributed by atoms with Crippen LogP contribution in [0.4, 0.5) is 0 Å². The molecule has 2 heterocycles. The Balaban J connectivity index is 1.82. The third kappa shape index (κ3) is 2.48. The third-order valence-corrected chi connectivity index (χ3v) is 4.31. The van der Waals surface area contributed by atoms with Gasteiger partial charge in [0.05, 0.1) is 6.61 Å². The van der Waals surface area contributed by atoms with Gasteiger partial charge in [-0.05, 0) is 37.0 Å². The molecule has 2 aliphatic heterocycles. The molecule has 115 valence electrons. The molecule has 2 aromatic rings. The molecule has 4 rings (SSSR count). The SMILES string of the molecule is [3H][B]SOc1ccc2c(c1)OC(O)C1=C2CCOc2ccccc21. The monoisotopic (exact) mass is 327 g/mol. The van der Waals surface area contributed by atoms with Gasteiger partial charge in [0.15, 0.2) is 0 Å². The van der Waals surface area contributed by atoms with Crippen molar-refractivity contribution < 1.29 is 18.8 Å². The molecule has 1 atom stereocenters. The molecule has 6 heteroatoms. The summed E-state index contributed by atoms with van der Waals surface area (Å²) in [6.07, 6.45) is -0.367. The van der Waals surface area contributed by atoms with Gasteiger partial charge in [-0.3, -0.25) is 0 Å². The van der Waals surface area contributed by atoms with Crippen molar-refractivity contribution in [2.45, 2.75) is 12.7 Å². The number of rotatable bonds is 3. The largest absolute Gasteiger partial charge is 0.493 e. The first-order valence-corrected chi connectivity index (χ1v) is 8.06. The summed E-state index contributed by atoms with van der Waals surface area (Å²) >= 11 is 0.921. The second kappa shape index (κ2) is 5.87. The standard InChI is InChI=1S/C17H14BO4S/c18-23-22-10-5-6-11-12-7-8-20-14-4-2-1-3-13(14)16(12)17(19)21-15(11)9-10/h1-6,9,17-19H,7-8H2/i18T. The summed E-state index contributed by atoms with van der Waals surface area (Å²) in [6.45, 7) is 0.546. The van der Waals surface area contributed by atoms with E-state index in [1.165, 1.54) is 0 Å². The highest BCUT2D eigenvalue weighted by Crippen LogP contribution is 2.46. The van der Waals surface area contributed by atoms with Crippen molar-refractivity contribution >= 4 is 30.1 Å². The van der Waals surface area contributed by atoms with Gasteiger partial charge < -0.3 is 18.8 Å². The second-order valence-electron chi connectivity index (χ2n) is 5.29. The number of aliphatic hydroxyl groups excluding tert-OH is 1. The molecular formula is C17H14BO4S. The first-order valence-electron chi connectivity index (χ1n) is 7.83. The second-order valence-corrected chi connectivity index (χ2v) is 5.65. The Morgan fingerprint density at radius 2 is 2.13 bits per heavy atom. The van der Waals surface area contributed by atoms with Crippen molar-refractivity contribution in [3.63, 3.8) is 0 Å². The quantitative estimate of drug-likeness (QED) is 0.694.